The van der Waals surface area contributed by atoms with Crippen molar-refractivity contribution in [1.29, 1.82) is 0 Å². The van der Waals surface area contributed by atoms with Gasteiger partial charge in [0.1, 0.15) is 5.82 Å². The van der Waals surface area contributed by atoms with E-state index in [1.54, 1.807) is 17.4 Å². The molecular formula is C14H16FNS. The molecule has 1 unspecified atom stereocenters. The van der Waals surface area contributed by atoms with Crippen LogP contribution in [0.2, 0.25) is 0 Å². The molecule has 0 spiro atoms. The third-order valence-corrected chi connectivity index (χ3v) is 4.21. The molecule has 1 heterocycles. The molecule has 17 heavy (non-hydrogen) atoms. The molecule has 1 nitrogen and oxygen atoms in total. The molecule has 0 radical (unpaired) electrons. The average Bonchev–Trinajstić information content (AvgIpc) is 2.62. The van der Waals surface area contributed by atoms with E-state index in [9.17, 15) is 4.39 Å². The lowest BCUT2D eigenvalue weighted by Crippen LogP contribution is -2.12. The number of thiophene rings is 1. The molecular weight excluding hydrogens is 233 g/mol. The molecule has 90 valence electrons. The van der Waals surface area contributed by atoms with Crippen LogP contribution in [0.3, 0.4) is 0 Å². The van der Waals surface area contributed by atoms with Crippen molar-refractivity contribution in [3.05, 3.63) is 56.5 Å². The van der Waals surface area contributed by atoms with Gasteiger partial charge in [-0.25, -0.2) is 4.39 Å². The van der Waals surface area contributed by atoms with E-state index in [1.165, 1.54) is 16.5 Å². The normalized spacial score (nSPS) is 12.8. The minimum atomic E-state index is -0.368. The molecule has 2 aromatic rings. The molecule has 3 heteroatoms. The first kappa shape index (κ1) is 12.3. The number of aryl methyl sites for hydroxylation is 3. The first-order chi connectivity index (χ1) is 7.99. The molecule has 0 fully saturated rings. The Labute approximate surface area is 105 Å². The summed E-state index contributed by atoms with van der Waals surface area (Å²) in [6, 6.07) is 6.75. The van der Waals surface area contributed by atoms with Crippen LogP contribution < -0.4 is 5.73 Å². The van der Waals surface area contributed by atoms with E-state index < -0.39 is 0 Å². The summed E-state index contributed by atoms with van der Waals surface area (Å²) in [5.74, 6) is -0.230. The van der Waals surface area contributed by atoms with Crippen LogP contribution in [0.25, 0.3) is 0 Å². The number of benzene rings is 1. The van der Waals surface area contributed by atoms with Crippen molar-refractivity contribution < 1.29 is 4.39 Å². The van der Waals surface area contributed by atoms with Crippen molar-refractivity contribution >= 4 is 11.3 Å². The zero-order chi connectivity index (χ0) is 12.6. The quantitative estimate of drug-likeness (QED) is 0.859. The van der Waals surface area contributed by atoms with Crippen molar-refractivity contribution in [2.24, 2.45) is 5.73 Å². The lowest BCUT2D eigenvalue weighted by molar-refractivity contribution is 0.600. The third kappa shape index (κ3) is 2.40. The van der Waals surface area contributed by atoms with Gasteiger partial charge in [-0.1, -0.05) is 17.7 Å². The van der Waals surface area contributed by atoms with E-state index >= 15 is 0 Å². The first-order valence-corrected chi connectivity index (χ1v) is 6.39. The molecule has 1 atom stereocenters. The van der Waals surface area contributed by atoms with E-state index in [0.717, 1.165) is 10.4 Å². The fourth-order valence-corrected chi connectivity index (χ4v) is 2.87. The van der Waals surface area contributed by atoms with Crippen molar-refractivity contribution in [3.63, 3.8) is 0 Å². The van der Waals surface area contributed by atoms with E-state index in [4.69, 9.17) is 5.73 Å². The number of hydrogen-bond acceptors (Lipinski definition) is 2. The fraction of sp³-hybridized carbons (Fsp3) is 0.286. The second-order valence-corrected chi connectivity index (χ2v) is 5.68. The van der Waals surface area contributed by atoms with E-state index in [2.05, 4.69) is 13.8 Å². The summed E-state index contributed by atoms with van der Waals surface area (Å²) in [7, 11) is 0. The lowest BCUT2D eigenvalue weighted by Gasteiger charge is -2.11. The Morgan fingerprint density at radius 2 is 1.88 bits per heavy atom. The minimum absolute atomic E-state index is 0.230. The molecule has 0 aliphatic heterocycles. The summed E-state index contributed by atoms with van der Waals surface area (Å²) < 4.78 is 13.7. The van der Waals surface area contributed by atoms with Crippen molar-refractivity contribution in [1.82, 2.24) is 0 Å². The molecule has 0 aliphatic carbocycles. The molecule has 2 rings (SSSR count). The van der Waals surface area contributed by atoms with Gasteiger partial charge in [0, 0.05) is 15.3 Å². The fourth-order valence-electron chi connectivity index (χ4n) is 1.81. The van der Waals surface area contributed by atoms with Crippen LogP contribution in [0.5, 0.6) is 0 Å². The summed E-state index contributed by atoms with van der Waals surface area (Å²) in [4.78, 5) is 2.26. The topological polar surface area (TPSA) is 26.0 Å². The molecule has 1 aromatic carbocycles. The van der Waals surface area contributed by atoms with Gasteiger partial charge in [-0.3, -0.25) is 0 Å². The second-order valence-electron chi connectivity index (χ2n) is 4.39. The van der Waals surface area contributed by atoms with Gasteiger partial charge < -0.3 is 5.73 Å². The Morgan fingerprint density at radius 3 is 2.47 bits per heavy atom. The van der Waals surface area contributed by atoms with Gasteiger partial charge in [0.25, 0.3) is 0 Å². The van der Waals surface area contributed by atoms with E-state index in [0.29, 0.717) is 5.56 Å². The van der Waals surface area contributed by atoms with Gasteiger partial charge in [-0.15, -0.1) is 11.3 Å². The maximum Gasteiger partial charge on any atom is 0.128 e. The summed E-state index contributed by atoms with van der Waals surface area (Å²) >= 11 is 1.64. The summed E-state index contributed by atoms with van der Waals surface area (Å²) in [5, 5.41) is 0. The molecule has 0 saturated carbocycles. The Bertz CT molecular complexity index is 526. The Balaban J connectivity index is 2.42. The second kappa shape index (κ2) is 4.59. The van der Waals surface area contributed by atoms with Crippen LogP contribution in [0.4, 0.5) is 4.39 Å². The van der Waals surface area contributed by atoms with Crippen molar-refractivity contribution in [2.45, 2.75) is 26.8 Å². The monoisotopic (exact) mass is 249 g/mol. The third-order valence-electron chi connectivity index (χ3n) is 2.98. The zero-order valence-corrected chi connectivity index (χ0v) is 11.1. The highest BCUT2D eigenvalue weighted by Gasteiger charge is 2.16. The molecule has 0 amide bonds. The van der Waals surface area contributed by atoms with Crippen molar-refractivity contribution in [2.75, 3.05) is 0 Å². The van der Waals surface area contributed by atoms with Gasteiger partial charge in [-0.05, 0) is 38.5 Å². The molecule has 0 saturated heterocycles. The zero-order valence-electron chi connectivity index (χ0n) is 10.3. The van der Waals surface area contributed by atoms with E-state index in [1.807, 2.05) is 19.1 Å². The largest absolute Gasteiger partial charge is 0.320 e. The SMILES string of the molecule is Cc1ccc(F)c(C(N)c2cc(C)c(C)s2)c1. The van der Waals surface area contributed by atoms with Crippen molar-refractivity contribution in [3.8, 4) is 0 Å². The Hall–Kier alpha value is -1.19. The average molecular weight is 249 g/mol. The van der Waals surface area contributed by atoms with Crippen LogP contribution in [0.15, 0.2) is 24.3 Å². The minimum Gasteiger partial charge on any atom is -0.320 e. The predicted molar refractivity (Wildman–Crippen MR) is 71.0 cm³/mol. The van der Waals surface area contributed by atoms with Gasteiger partial charge in [0.05, 0.1) is 6.04 Å². The van der Waals surface area contributed by atoms with E-state index in [-0.39, 0.29) is 11.9 Å². The molecule has 0 bridgehead atoms. The van der Waals surface area contributed by atoms with Gasteiger partial charge in [0.15, 0.2) is 0 Å². The Morgan fingerprint density at radius 1 is 1.18 bits per heavy atom. The first-order valence-electron chi connectivity index (χ1n) is 5.57. The molecule has 2 N–H and O–H groups in total. The summed E-state index contributed by atoms with van der Waals surface area (Å²) in [5.41, 5.74) is 8.96. The van der Waals surface area contributed by atoms with Gasteiger partial charge in [0.2, 0.25) is 0 Å². The number of nitrogens with two attached hydrogens (primary N) is 1. The highest BCUT2D eigenvalue weighted by Crippen LogP contribution is 2.30. The molecule has 0 aliphatic rings. The maximum absolute atomic E-state index is 13.7. The Kier molecular flexibility index (Phi) is 3.31. The number of hydrogen-bond donors (Lipinski definition) is 1. The van der Waals surface area contributed by atoms with Crippen LogP contribution in [0.1, 0.15) is 32.5 Å². The highest BCUT2D eigenvalue weighted by atomic mass is 32.1. The predicted octanol–water partition coefficient (Wildman–Crippen LogP) is 3.86. The standard InChI is InChI=1S/C14H16FNS/c1-8-4-5-12(15)11(6-8)14(16)13-7-9(2)10(3)17-13/h4-7,14H,16H2,1-3H3. The van der Waals surface area contributed by atoms with Crippen LogP contribution in [-0.4, -0.2) is 0 Å². The summed E-state index contributed by atoms with van der Waals surface area (Å²) in [6.45, 7) is 6.05. The van der Waals surface area contributed by atoms with Crippen LogP contribution in [-0.2, 0) is 0 Å². The maximum atomic E-state index is 13.7. The number of rotatable bonds is 2. The smallest absolute Gasteiger partial charge is 0.128 e. The summed E-state index contributed by atoms with van der Waals surface area (Å²) in [6.07, 6.45) is 0. The van der Waals surface area contributed by atoms with Gasteiger partial charge in [-0.2, -0.15) is 0 Å². The lowest BCUT2D eigenvalue weighted by atomic mass is 10.0. The number of halogens is 1. The van der Waals surface area contributed by atoms with Gasteiger partial charge >= 0.3 is 0 Å². The highest BCUT2D eigenvalue weighted by molar-refractivity contribution is 7.12. The van der Waals surface area contributed by atoms with Crippen LogP contribution >= 0.6 is 11.3 Å². The van der Waals surface area contributed by atoms with Crippen LogP contribution in [0, 0.1) is 26.6 Å². The molecule has 1 aromatic heterocycles.